The Bertz CT molecular complexity index is 978. The van der Waals surface area contributed by atoms with Crippen LogP contribution in [0.15, 0.2) is 46.7 Å². The van der Waals surface area contributed by atoms with E-state index in [4.69, 9.17) is 4.98 Å². The number of aryl methyl sites for hydroxylation is 4. The van der Waals surface area contributed by atoms with Crippen LogP contribution in [0.1, 0.15) is 34.9 Å². The Balaban J connectivity index is 1.82. The molecule has 1 amide bonds. The third kappa shape index (κ3) is 4.60. The van der Waals surface area contributed by atoms with Crippen molar-refractivity contribution in [3.8, 4) is 0 Å². The van der Waals surface area contributed by atoms with E-state index in [9.17, 15) is 4.79 Å². The van der Waals surface area contributed by atoms with Crippen LogP contribution in [-0.4, -0.2) is 10.9 Å². The summed E-state index contributed by atoms with van der Waals surface area (Å²) >= 11 is 3.31. The van der Waals surface area contributed by atoms with Crippen LogP contribution in [0.5, 0.6) is 0 Å². The van der Waals surface area contributed by atoms with Crippen molar-refractivity contribution in [1.29, 1.82) is 0 Å². The molecular formula is C22H24N2OS2. The number of aromatic nitrogens is 1. The lowest BCUT2D eigenvalue weighted by molar-refractivity contribution is -0.115. The van der Waals surface area contributed by atoms with Crippen LogP contribution in [0.4, 0.5) is 10.8 Å². The standard InChI is InChI=1S/C22H24N2OS2/c1-14-7-9-20(17(4)10-14)24(18(5)25)22-23-19(13-27-22)12-26-21-11-15(2)6-8-16(21)3/h6-11,13H,12H2,1-5H3. The van der Waals surface area contributed by atoms with Crippen LogP contribution in [0.2, 0.25) is 0 Å². The fourth-order valence-corrected chi connectivity index (χ4v) is 4.94. The van der Waals surface area contributed by atoms with Gasteiger partial charge in [0.25, 0.3) is 0 Å². The second-order valence-electron chi connectivity index (χ2n) is 6.82. The van der Waals surface area contributed by atoms with Gasteiger partial charge in [-0.05, 0) is 51.0 Å². The van der Waals surface area contributed by atoms with E-state index in [1.807, 2.05) is 24.4 Å². The van der Waals surface area contributed by atoms with Gasteiger partial charge in [-0.15, -0.1) is 23.1 Å². The molecule has 2 aromatic carbocycles. The summed E-state index contributed by atoms with van der Waals surface area (Å²) in [5.74, 6) is 0.768. The molecule has 27 heavy (non-hydrogen) atoms. The molecule has 0 radical (unpaired) electrons. The Kier molecular flexibility index (Phi) is 6.02. The minimum atomic E-state index is -0.0231. The van der Waals surface area contributed by atoms with Gasteiger partial charge in [-0.2, -0.15) is 0 Å². The van der Waals surface area contributed by atoms with E-state index >= 15 is 0 Å². The molecule has 1 aromatic heterocycles. The Morgan fingerprint density at radius 1 is 1.04 bits per heavy atom. The number of thioether (sulfide) groups is 1. The van der Waals surface area contributed by atoms with Gasteiger partial charge < -0.3 is 0 Å². The van der Waals surface area contributed by atoms with Crippen LogP contribution in [0.25, 0.3) is 0 Å². The summed E-state index contributed by atoms with van der Waals surface area (Å²) in [7, 11) is 0. The second-order valence-corrected chi connectivity index (χ2v) is 8.68. The molecule has 0 atom stereocenters. The molecule has 140 valence electrons. The topological polar surface area (TPSA) is 33.2 Å². The van der Waals surface area contributed by atoms with E-state index in [1.54, 1.807) is 23.6 Å². The van der Waals surface area contributed by atoms with E-state index < -0.39 is 0 Å². The molecule has 0 fully saturated rings. The van der Waals surface area contributed by atoms with Crippen LogP contribution >= 0.6 is 23.1 Å². The molecule has 0 unspecified atom stereocenters. The van der Waals surface area contributed by atoms with Gasteiger partial charge in [-0.3, -0.25) is 9.69 Å². The fourth-order valence-electron chi connectivity index (χ4n) is 2.94. The molecule has 0 saturated carbocycles. The van der Waals surface area contributed by atoms with Gasteiger partial charge in [0.2, 0.25) is 5.91 Å². The smallest absolute Gasteiger partial charge is 0.230 e. The summed E-state index contributed by atoms with van der Waals surface area (Å²) < 4.78 is 0. The number of benzene rings is 2. The molecule has 3 rings (SSSR count). The van der Waals surface area contributed by atoms with Gasteiger partial charge in [0.15, 0.2) is 5.13 Å². The lowest BCUT2D eigenvalue weighted by Crippen LogP contribution is -2.23. The van der Waals surface area contributed by atoms with Crippen molar-refractivity contribution in [3.63, 3.8) is 0 Å². The zero-order valence-electron chi connectivity index (χ0n) is 16.4. The van der Waals surface area contributed by atoms with Crippen LogP contribution < -0.4 is 4.90 Å². The Morgan fingerprint density at radius 2 is 1.74 bits per heavy atom. The Labute approximate surface area is 169 Å². The molecule has 1 heterocycles. The average Bonchev–Trinajstić information content (AvgIpc) is 3.06. The highest BCUT2D eigenvalue weighted by atomic mass is 32.2. The lowest BCUT2D eigenvalue weighted by Gasteiger charge is -2.20. The molecule has 5 heteroatoms. The summed E-state index contributed by atoms with van der Waals surface area (Å²) in [5, 5.41) is 2.78. The third-order valence-electron chi connectivity index (χ3n) is 4.36. The minimum absolute atomic E-state index is 0.0231. The summed E-state index contributed by atoms with van der Waals surface area (Å²) in [5.41, 5.74) is 6.70. The highest BCUT2D eigenvalue weighted by molar-refractivity contribution is 7.98. The molecule has 0 aliphatic carbocycles. The molecule has 0 aliphatic heterocycles. The number of hydrogen-bond donors (Lipinski definition) is 0. The SMILES string of the molecule is CC(=O)N(c1nc(CSc2cc(C)ccc2C)cs1)c1ccc(C)cc1C. The maximum atomic E-state index is 12.3. The van der Waals surface area contributed by atoms with Gasteiger partial charge in [-0.1, -0.05) is 35.4 Å². The van der Waals surface area contributed by atoms with E-state index in [-0.39, 0.29) is 5.91 Å². The van der Waals surface area contributed by atoms with Crippen molar-refractivity contribution in [2.75, 3.05) is 4.90 Å². The minimum Gasteiger partial charge on any atom is -0.274 e. The summed E-state index contributed by atoms with van der Waals surface area (Å²) in [6.07, 6.45) is 0. The first kappa shape index (κ1) is 19.6. The number of nitrogens with zero attached hydrogens (tertiary/aromatic N) is 2. The monoisotopic (exact) mass is 396 g/mol. The van der Waals surface area contributed by atoms with Crippen LogP contribution in [-0.2, 0) is 10.5 Å². The highest BCUT2D eigenvalue weighted by Crippen LogP contribution is 2.34. The highest BCUT2D eigenvalue weighted by Gasteiger charge is 2.19. The molecule has 3 nitrogen and oxygen atoms in total. The fraction of sp³-hybridized carbons (Fsp3) is 0.273. The van der Waals surface area contributed by atoms with E-state index in [1.165, 1.54) is 32.9 Å². The summed E-state index contributed by atoms with van der Waals surface area (Å²) in [6.45, 7) is 9.92. The van der Waals surface area contributed by atoms with E-state index in [0.29, 0.717) is 0 Å². The van der Waals surface area contributed by atoms with Crippen molar-refractivity contribution in [3.05, 3.63) is 69.7 Å². The number of hydrogen-bond acceptors (Lipinski definition) is 4. The first-order valence-electron chi connectivity index (χ1n) is 8.87. The zero-order chi connectivity index (χ0) is 19.6. The van der Waals surface area contributed by atoms with Gasteiger partial charge >= 0.3 is 0 Å². The zero-order valence-corrected chi connectivity index (χ0v) is 18.0. The van der Waals surface area contributed by atoms with Crippen LogP contribution in [0.3, 0.4) is 0 Å². The maximum absolute atomic E-state index is 12.3. The summed E-state index contributed by atoms with van der Waals surface area (Å²) in [6, 6.07) is 12.6. The first-order valence-corrected chi connectivity index (χ1v) is 10.7. The average molecular weight is 397 g/mol. The number of rotatable bonds is 5. The molecule has 3 aromatic rings. The maximum Gasteiger partial charge on any atom is 0.230 e. The quantitative estimate of drug-likeness (QED) is 0.471. The van der Waals surface area contributed by atoms with Crippen molar-refractivity contribution in [2.24, 2.45) is 0 Å². The number of carbonyl (C=O) groups excluding carboxylic acids is 1. The van der Waals surface area contributed by atoms with Crippen molar-refractivity contribution < 1.29 is 4.79 Å². The predicted octanol–water partition coefficient (Wildman–Crippen LogP) is 6.35. The second kappa shape index (κ2) is 8.28. The number of carbonyl (C=O) groups is 1. The number of amides is 1. The lowest BCUT2D eigenvalue weighted by atomic mass is 10.1. The number of anilines is 2. The van der Waals surface area contributed by atoms with Gasteiger partial charge in [0.1, 0.15) is 0 Å². The summed E-state index contributed by atoms with van der Waals surface area (Å²) in [4.78, 5) is 20.1. The molecule has 0 N–H and O–H groups in total. The molecule has 0 aliphatic rings. The molecular weight excluding hydrogens is 372 g/mol. The number of thiazole rings is 1. The largest absolute Gasteiger partial charge is 0.274 e. The molecule has 0 spiro atoms. The Hall–Kier alpha value is -2.11. The normalized spacial score (nSPS) is 10.9. The molecule has 0 bridgehead atoms. The molecule has 0 saturated heterocycles. The van der Waals surface area contributed by atoms with Gasteiger partial charge in [0.05, 0.1) is 11.4 Å². The predicted molar refractivity (Wildman–Crippen MR) is 116 cm³/mol. The van der Waals surface area contributed by atoms with Crippen molar-refractivity contribution in [2.45, 2.75) is 45.3 Å². The first-order chi connectivity index (χ1) is 12.8. The Morgan fingerprint density at radius 3 is 2.44 bits per heavy atom. The van der Waals surface area contributed by atoms with Crippen LogP contribution in [0, 0.1) is 27.7 Å². The van der Waals surface area contributed by atoms with E-state index in [0.717, 1.165) is 27.8 Å². The van der Waals surface area contributed by atoms with E-state index in [2.05, 4.69) is 45.0 Å². The van der Waals surface area contributed by atoms with Crippen molar-refractivity contribution in [1.82, 2.24) is 4.98 Å². The van der Waals surface area contributed by atoms with Gasteiger partial charge in [0, 0.05) is 23.0 Å². The van der Waals surface area contributed by atoms with Gasteiger partial charge in [-0.25, -0.2) is 4.98 Å². The van der Waals surface area contributed by atoms with Crippen molar-refractivity contribution >= 4 is 39.8 Å². The third-order valence-corrected chi connectivity index (χ3v) is 6.42.